The second-order valence-corrected chi connectivity index (χ2v) is 7.38. The SMILES string of the molecule is CNC1CCOCC1CN1CCC2(CCCCC2)CC1. The Morgan fingerprint density at radius 2 is 1.85 bits per heavy atom. The number of hydrogen-bond donors (Lipinski definition) is 1. The lowest BCUT2D eigenvalue weighted by Gasteiger charge is -2.45. The maximum Gasteiger partial charge on any atom is 0.0521 e. The minimum absolute atomic E-state index is 0.661. The van der Waals surface area contributed by atoms with E-state index in [2.05, 4.69) is 17.3 Å². The lowest BCUT2D eigenvalue weighted by Crippen LogP contribution is -2.49. The minimum atomic E-state index is 0.661. The first-order chi connectivity index (χ1) is 9.81. The quantitative estimate of drug-likeness (QED) is 0.860. The van der Waals surface area contributed by atoms with Gasteiger partial charge >= 0.3 is 0 Å². The first-order valence-corrected chi connectivity index (χ1v) is 8.79. The topological polar surface area (TPSA) is 24.5 Å². The van der Waals surface area contributed by atoms with Crippen LogP contribution in [0.3, 0.4) is 0 Å². The van der Waals surface area contributed by atoms with Gasteiger partial charge in [0, 0.05) is 25.1 Å². The second kappa shape index (κ2) is 6.76. The molecule has 0 bridgehead atoms. The first-order valence-electron chi connectivity index (χ1n) is 8.79. The molecule has 1 N–H and O–H groups in total. The summed E-state index contributed by atoms with van der Waals surface area (Å²) in [7, 11) is 2.11. The van der Waals surface area contributed by atoms with Gasteiger partial charge in [0.1, 0.15) is 0 Å². The maximum absolute atomic E-state index is 5.70. The fraction of sp³-hybridized carbons (Fsp3) is 1.00. The van der Waals surface area contributed by atoms with Crippen LogP contribution in [0.25, 0.3) is 0 Å². The van der Waals surface area contributed by atoms with Gasteiger partial charge in [-0.25, -0.2) is 0 Å². The highest BCUT2D eigenvalue weighted by Gasteiger charge is 2.36. The summed E-state index contributed by atoms with van der Waals surface area (Å²) in [5.74, 6) is 0.689. The van der Waals surface area contributed by atoms with E-state index in [0.29, 0.717) is 12.0 Å². The lowest BCUT2D eigenvalue weighted by molar-refractivity contribution is 0.00161. The number of nitrogens with one attached hydrogen (secondary N) is 1. The Labute approximate surface area is 124 Å². The summed E-state index contributed by atoms with van der Waals surface area (Å²) in [6, 6.07) is 0.661. The summed E-state index contributed by atoms with van der Waals surface area (Å²) >= 11 is 0. The Balaban J connectivity index is 1.48. The van der Waals surface area contributed by atoms with Crippen LogP contribution in [0.4, 0.5) is 0 Å². The molecule has 116 valence electrons. The average molecular weight is 280 g/mol. The predicted molar refractivity (Wildman–Crippen MR) is 83.0 cm³/mol. The van der Waals surface area contributed by atoms with Gasteiger partial charge in [-0.3, -0.25) is 0 Å². The molecule has 3 heteroatoms. The van der Waals surface area contributed by atoms with E-state index in [1.165, 1.54) is 71.0 Å². The van der Waals surface area contributed by atoms with Crippen molar-refractivity contribution in [2.75, 3.05) is 39.9 Å². The molecule has 2 atom stereocenters. The van der Waals surface area contributed by atoms with Crippen LogP contribution in [0.15, 0.2) is 0 Å². The zero-order valence-corrected chi connectivity index (χ0v) is 13.2. The standard InChI is InChI=1S/C17H32N2O/c1-18-16-5-12-20-14-15(16)13-19-10-8-17(9-11-19)6-3-2-4-7-17/h15-16,18H,2-14H2,1H3. The van der Waals surface area contributed by atoms with Gasteiger partial charge in [0.05, 0.1) is 6.61 Å². The van der Waals surface area contributed by atoms with Crippen molar-refractivity contribution in [2.45, 2.75) is 57.4 Å². The second-order valence-electron chi connectivity index (χ2n) is 7.38. The summed E-state index contributed by atoms with van der Waals surface area (Å²) in [6.07, 6.45) is 11.5. The highest BCUT2D eigenvalue weighted by molar-refractivity contribution is 4.90. The number of nitrogens with zero attached hydrogens (tertiary/aromatic N) is 1. The first kappa shape index (κ1) is 14.8. The highest BCUT2D eigenvalue weighted by atomic mass is 16.5. The van der Waals surface area contributed by atoms with Gasteiger partial charge in [-0.15, -0.1) is 0 Å². The van der Waals surface area contributed by atoms with Crippen LogP contribution in [0.1, 0.15) is 51.4 Å². The molecule has 2 aliphatic heterocycles. The molecule has 1 saturated carbocycles. The molecule has 20 heavy (non-hydrogen) atoms. The van der Waals surface area contributed by atoms with Crippen molar-refractivity contribution in [3.63, 3.8) is 0 Å². The molecule has 0 amide bonds. The highest BCUT2D eigenvalue weighted by Crippen LogP contribution is 2.44. The smallest absolute Gasteiger partial charge is 0.0521 e. The maximum atomic E-state index is 5.70. The molecule has 1 spiro atoms. The third-order valence-corrected chi connectivity index (χ3v) is 6.17. The van der Waals surface area contributed by atoms with E-state index < -0.39 is 0 Å². The van der Waals surface area contributed by atoms with Gasteiger partial charge in [0.15, 0.2) is 0 Å². The van der Waals surface area contributed by atoms with Crippen LogP contribution in [0.2, 0.25) is 0 Å². The Morgan fingerprint density at radius 3 is 2.55 bits per heavy atom. The largest absolute Gasteiger partial charge is 0.381 e. The van der Waals surface area contributed by atoms with E-state index in [4.69, 9.17) is 4.74 Å². The van der Waals surface area contributed by atoms with E-state index in [9.17, 15) is 0 Å². The third kappa shape index (κ3) is 3.37. The van der Waals surface area contributed by atoms with Gasteiger partial charge in [0.25, 0.3) is 0 Å². The van der Waals surface area contributed by atoms with Crippen LogP contribution in [-0.4, -0.2) is 50.8 Å². The molecule has 0 aromatic heterocycles. The lowest BCUT2D eigenvalue weighted by atomic mass is 9.68. The molecular formula is C17H32N2O. The van der Waals surface area contributed by atoms with Crippen LogP contribution >= 0.6 is 0 Å². The van der Waals surface area contributed by atoms with Crippen LogP contribution in [0.5, 0.6) is 0 Å². The Hall–Kier alpha value is -0.120. The van der Waals surface area contributed by atoms with Gasteiger partial charge in [-0.2, -0.15) is 0 Å². The zero-order valence-electron chi connectivity index (χ0n) is 13.2. The average Bonchev–Trinajstić information content (AvgIpc) is 2.51. The minimum Gasteiger partial charge on any atom is -0.381 e. The van der Waals surface area contributed by atoms with E-state index >= 15 is 0 Å². The summed E-state index contributed by atoms with van der Waals surface area (Å²) in [6.45, 7) is 5.78. The van der Waals surface area contributed by atoms with Gasteiger partial charge in [-0.1, -0.05) is 19.3 Å². The molecule has 3 nitrogen and oxygen atoms in total. The number of piperidine rings is 1. The third-order valence-electron chi connectivity index (χ3n) is 6.17. The van der Waals surface area contributed by atoms with Crippen LogP contribution < -0.4 is 5.32 Å². The number of ether oxygens (including phenoxy) is 1. The molecular weight excluding hydrogens is 248 g/mol. The van der Waals surface area contributed by atoms with Crippen molar-refractivity contribution in [3.05, 3.63) is 0 Å². The van der Waals surface area contributed by atoms with Crippen molar-refractivity contribution in [3.8, 4) is 0 Å². The number of hydrogen-bond acceptors (Lipinski definition) is 3. The van der Waals surface area contributed by atoms with Crippen molar-refractivity contribution in [2.24, 2.45) is 11.3 Å². The summed E-state index contributed by atoms with van der Waals surface area (Å²) < 4.78 is 5.70. The Kier molecular flexibility index (Phi) is 5.00. The van der Waals surface area contributed by atoms with Crippen molar-refractivity contribution >= 4 is 0 Å². The van der Waals surface area contributed by atoms with E-state index in [1.54, 1.807) is 0 Å². The number of rotatable bonds is 3. The summed E-state index contributed by atoms with van der Waals surface area (Å²) in [5, 5.41) is 3.49. The van der Waals surface area contributed by atoms with Crippen molar-refractivity contribution in [1.29, 1.82) is 0 Å². The molecule has 1 aliphatic carbocycles. The summed E-state index contributed by atoms with van der Waals surface area (Å²) in [5.41, 5.74) is 0.736. The Morgan fingerprint density at radius 1 is 1.10 bits per heavy atom. The van der Waals surface area contributed by atoms with E-state index in [1.807, 2.05) is 0 Å². The molecule has 0 aromatic carbocycles. The van der Waals surface area contributed by atoms with Crippen LogP contribution in [-0.2, 0) is 4.74 Å². The molecule has 0 aromatic rings. The van der Waals surface area contributed by atoms with Crippen molar-refractivity contribution < 1.29 is 4.74 Å². The number of likely N-dealkylation sites (tertiary alicyclic amines) is 1. The van der Waals surface area contributed by atoms with Gasteiger partial charge in [0.2, 0.25) is 0 Å². The molecule has 3 fully saturated rings. The molecule has 2 heterocycles. The fourth-order valence-corrected chi connectivity index (χ4v) is 4.70. The van der Waals surface area contributed by atoms with Crippen molar-refractivity contribution in [1.82, 2.24) is 10.2 Å². The zero-order chi connectivity index (χ0) is 13.8. The van der Waals surface area contributed by atoms with E-state index in [0.717, 1.165) is 18.6 Å². The molecule has 0 radical (unpaired) electrons. The van der Waals surface area contributed by atoms with E-state index in [-0.39, 0.29) is 0 Å². The Bertz CT molecular complexity index is 291. The van der Waals surface area contributed by atoms with Crippen LogP contribution in [0, 0.1) is 11.3 Å². The molecule has 2 unspecified atom stereocenters. The van der Waals surface area contributed by atoms with Gasteiger partial charge < -0.3 is 15.0 Å². The molecule has 2 saturated heterocycles. The van der Waals surface area contributed by atoms with Gasteiger partial charge in [-0.05, 0) is 57.7 Å². The fourth-order valence-electron chi connectivity index (χ4n) is 4.70. The monoisotopic (exact) mass is 280 g/mol. The predicted octanol–water partition coefficient (Wildman–Crippen LogP) is 2.66. The normalized spacial score (nSPS) is 35.2. The summed E-state index contributed by atoms with van der Waals surface area (Å²) in [4.78, 5) is 2.71. The molecule has 3 aliphatic rings. The molecule has 3 rings (SSSR count).